The fourth-order valence-electron chi connectivity index (χ4n) is 1.97. The first-order chi connectivity index (χ1) is 7.71. The number of hydrogen-bond acceptors (Lipinski definition) is 1. The second-order valence-corrected chi connectivity index (χ2v) is 6.26. The molecule has 0 saturated carbocycles. The molecular formula is C14H21ClFN. The van der Waals surface area contributed by atoms with Crippen LogP contribution in [0.4, 0.5) is 4.39 Å². The van der Waals surface area contributed by atoms with Gasteiger partial charge in [0.05, 0.1) is 5.02 Å². The van der Waals surface area contributed by atoms with Crippen molar-refractivity contribution in [2.75, 3.05) is 20.6 Å². The van der Waals surface area contributed by atoms with Gasteiger partial charge in [-0.2, -0.15) is 0 Å². The first kappa shape index (κ1) is 14.5. The molecule has 0 fully saturated rings. The van der Waals surface area contributed by atoms with Crippen LogP contribution < -0.4 is 0 Å². The Balaban J connectivity index is 3.09. The molecule has 0 amide bonds. The van der Waals surface area contributed by atoms with Crippen LogP contribution in [0.1, 0.15) is 32.3 Å². The Morgan fingerprint density at radius 3 is 2.29 bits per heavy atom. The maximum Gasteiger partial charge on any atom is 0.142 e. The van der Waals surface area contributed by atoms with Crippen LogP contribution in [0.15, 0.2) is 18.2 Å². The third-order valence-electron chi connectivity index (χ3n) is 2.94. The van der Waals surface area contributed by atoms with E-state index in [-0.39, 0.29) is 22.2 Å². The van der Waals surface area contributed by atoms with Crippen LogP contribution >= 0.6 is 11.6 Å². The normalized spacial score (nSPS) is 14.1. The minimum Gasteiger partial charge on any atom is -0.309 e. The third-order valence-corrected chi connectivity index (χ3v) is 3.25. The Kier molecular flexibility index (Phi) is 4.56. The number of rotatable bonds is 3. The molecule has 0 bridgehead atoms. The smallest absolute Gasteiger partial charge is 0.142 e. The van der Waals surface area contributed by atoms with Crippen LogP contribution in [0, 0.1) is 11.2 Å². The van der Waals surface area contributed by atoms with Gasteiger partial charge in [-0.25, -0.2) is 4.39 Å². The summed E-state index contributed by atoms with van der Waals surface area (Å²) in [5.41, 5.74) is 1.10. The van der Waals surface area contributed by atoms with E-state index in [0.29, 0.717) is 0 Å². The molecule has 0 spiro atoms. The van der Waals surface area contributed by atoms with Crippen LogP contribution in [0.25, 0.3) is 0 Å². The van der Waals surface area contributed by atoms with E-state index in [1.165, 1.54) is 0 Å². The number of benzene rings is 1. The van der Waals surface area contributed by atoms with Gasteiger partial charge in [0.1, 0.15) is 5.82 Å². The van der Waals surface area contributed by atoms with Crippen molar-refractivity contribution in [1.29, 1.82) is 0 Å². The first-order valence-electron chi connectivity index (χ1n) is 5.81. The van der Waals surface area contributed by atoms with Crippen molar-refractivity contribution in [1.82, 2.24) is 4.90 Å². The van der Waals surface area contributed by atoms with Gasteiger partial charge in [0.25, 0.3) is 0 Å². The summed E-state index contributed by atoms with van der Waals surface area (Å²) in [5.74, 6) is -0.0542. The van der Waals surface area contributed by atoms with E-state index in [4.69, 9.17) is 11.6 Å². The number of halogens is 2. The molecule has 0 radical (unpaired) electrons. The highest BCUT2D eigenvalue weighted by Crippen LogP contribution is 2.36. The molecule has 0 N–H and O–H groups in total. The van der Waals surface area contributed by atoms with Gasteiger partial charge in [-0.3, -0.25) is 0 Å². The van der Waals surface area contributed by atoms with Crippen molar-refractivity contribution >= 4 is 11.6 Å². The topological polar surface area (TPSA) is 3.24 Å². The Bertz CT molecular complexity index is 382. The highest BCUT2D eigenvalue weighted by molar-refractivity contribution is 6.30. The second kappa shape index (κ2) is 5.36. The van der Waals surface area contributed by atoms with Crippen LogP contribution in [0.2, 0.25) is 5.02 Å². The molecule has 96 valence electrons. The summed E-state index contributed by atoms with van der Waals surface area (Å²) in [5, 5.41) is 0.186. The van der Waals surface area contributed by atoms with Crippen molar-refractivity contribution in [3.63, 3.8) is 0 Å². The minimum atomic E-state index is -0.336. The van der Waals surface area contributed by atoms with E-state index in [2.05, 4.69) is 25.7 Å². The summed E-state index contributed by atoms with van der Waals surface area (Å²) < 4.78 is 13.5. The van der Waals surface area contributed by atoms with Crippen LogP contribution in [-0.4, -0.2) is 25.5 Å². The van der Waals surface area contributed by atoms with Crippen molar-refractivity contribution in [2.45, 2.75) is 26.7 Å². The van der Waals surface area contributed by atoms with Gasteiger partial charge < -0.3 is 4.90 Å². The van der Waals surface area contributed by atoms with Crippen LogP contribution in [-0.2, 0) is 0 Å². The molecule has 1 unspecified atom stereocenters. The molecule has 3 heteroatoms. The number of likely N-dealkylation sites (N-methyl/N-ethyl adjacent to an activating group) is 1. The zero-order valence-electron chi connectivity index (χ0n) is 11.2. The SMILES string of the molecule is CN(C)CC(c1ccc(Cl)c(F)c1)C(C)(C)C. The molecule has 0 aliphatic carbocycles. The van der Waals surface area contributed by atoms with Gasteiger partial charge in [-0.05, 0) is 37.2 Å². The zero-order chi connectivity index (χ0) is 13.2. The molecule has 0 heterocycles. The maximum atomic E-state index is 13.5. The molecule has 1 rings (SSSR count). The highest BCUT2D eigenvalue weighted by atomic mass is 35.5. The van der Waals surface area contributed by atoms with E-state index >= 15 is 0 Å². The molecule has 1 atom stereocenters. The summed E-state index contributed by atoms with van der Waals surface area (Å²) in [6.45, 7) is 7.42. The summed E-state index contributed by atoms with van der Waals surface area (Å²) >= 11 is 5.72. The molecular weight excluding hydrogens is 237 g/mol. The Hall–Kier alpha value is -0.600. The summed E-state index contributed by atoms with van der Waals surface area (Å²) in [7, 11) is 4.07. The predicted molar refractivity (Wildman–Crippen MR) is 72.2 cm³/mol. The van der Waals surface area contributed by atoms with Crippen molar-refractivity contribution < 1.29 is 4.39 Å². The van der Waals surface area contributed by atoms with Gasteiger partial charge in [0.2, 0.25) is 0 Å². The van der Waals surface area contributed by atoms with Gasteiger partial charge in [0, 0.05) is 12.5 Å². The van der Waals surface area contributed by atoms with E-state index in [1.54, 1.807) is 12.1 Å². The molecule has 0 aliphatic rings. The largest absolute Gasteiger partial charge is 0.309 e. The lowest BCUT2D eigenvalue weighted by Gasteiger charge is -2.33. The monoisotopic (exact) mass is 257 g/mol. The predicted octanol–water partition coefficient (Wildman–Crippen LogP) is 4.17. The van der Waals surface area contributed by atoms with Crippen molar-refractivity contribution in [2.24, 2.45) is 5.41 Å². The fourth-order valence-corrected chi connectivity index (χ4v) is 2.09. The lowest BCUT2D eigenvalue weighted by Crippen LogP contribution is -2.29. The molecule has 17 heavy (non-hydrogen) atoms. The Labute approximate surface area is 109 Å². The van der Waals surface area contributed by atoms with Crippen LogP contribution in [0.3, 0.4) is 0 Å². The van der Waals surface area contributed by atoms with E-state index in [0.717, 1.165) is 12.1 Å². The van der Waals surface area contributed by atoms with Crippen molar-refractivity contribution in [3.05, 3.63) is 34.6 Å². The summed E-state index contributed by atoms with van der Waals surface area (Å²) in [6, 6.07) is 5.12. The number of hydrogen-bond donors (Lipinski definition) is 0. The van der Waals surface area contributed by atoms with Gasteiger partial charge in [-0.15, -0.1) is 0 Å². The minimum absolute atomic E-state index is 0.0878. The fraction of sp³-hybridized carbons (Fsp3) is 0.571. The van der Waals surface area contributed by atoms with E-state index < -0.39 is 0 Å². The van der Waals surface area contributed by atoms with E-state index in [1.807, 2.05) is 20.2 Å². The van der Waals surface area contributed by atoms with Gasteiger partial charge in [-0.1, -0.05) is 38.4 Å². The third kappa shape index (κ3) is 3.97. The Morgan fingerprint density at radius 1 is 1.29 bits per heavy atom. The first-order valence-corrected chi connectivity index (χ1v) is 6.19. The molecule has 0 saturated heterocycles. The molecule has 1 aromatic carbocycles. The zero-order valence-corrected chi connectivity index (χ0v) is 12.0. The highest BCUT2D eigenvalue weighted by Gasteiger charge is 2.27. The average molecular weight is 258 g/mol. The number of nitrogens with zero attached hydrogens (tertiary/aromatic N) is 1. The van der Waals surface area contributed by atoms with E-state index in [9.17, 15) is 4.39 Å². The second-order valence-electron chi connectivity index (χ2n) is 5.85. The van der Waals surface area contributed by atoms with Gasteiger partial charge >= 0.3 is 0 Å². The molecule has 1 aromatic rings. The summed E-state index contributed by atoms with van der Waals surface area (Å²) in [6.07, 6.45) is 0. The lowest BCUT2D eigenvalue weighted by atomic mass is 9.76. The summed E-state index contributed by atoms with van der Waals surface area (Å²) in [4.78, 5) is 2.13. The van der Waals surface area contributed by atoms with Gasteiger partial charge in [0.15, 0.2) is 0 Å². The molecule has 0 aliphatic heterocycles. The van der Waals surface area contributed by atoms with Crippen LogP contribution in [0.5, 0.6) is 0 Å². The van der Waals surface area contributed by atoms with Crippen molar-refractivity contribution in [3.8, 4) is 0 Å². The Morgan fingerprint density at radius 2 is 1.88 bits per heavy atom. The molecule has 1 nitrogen and oxygen atoms in total. The molecule has 0 aromatic heterocycles. The average Bonchev–Trinajstić information content (AvgIpc) is 2.17. The lowest BCUT2D eigenvalue weighted by molar-refractivity contribution is 0.249. The maximum absolute atomic E-state index is 13.5. The quantitative estimate of drug-likeness (QED) is 0.786. The standard InChI is InChI=1S/C14H21ClFN/c1-14(2,3)11(9-17(4)5)10-6-7-12(15)13(16)8-10/h6-8,11H,9H2,1-5H3.